The maximum Gasteiger partial charge on any atom is 0.322 e. The summed E-state index contributed by atoms with van der Waals surface area (Å²) in [5.74, 6) is -4.15. The summed E-state index contributed by atoms with van der Waals surface area (Å²) < 4.78 is 53.1. The van der Waals surface area contributed by atoms with Crippen molar-refractivity contribution in [2.24, 2.45) is 0 Å². The molecule has 1 aromatic carbocycles. The lowest BCUT2D eigenvalue weighted by Gasteiger charge is -2.15. The fourth-order valence-electron chi connectivity index (χ4n) is 1.52. The quantitative estimate of drug-likeness (QED) is 0.831. The first-order chi connectivity index (χ1) is 9.56. The fourth-order valence-corrected chi connectivity index (χ4v) is 3.08. The van der Waals surface area contributed by atoms with Crippen LogP contribution in [0.5, 0.6) is 0 Å². The van der Waals surface area contributed by atoms with Crippen molar-refractivity contribution in [2.75, 3.05) is 0 Å². The molecule has 1 atom stereocenters. The second kappa shape index (κ2) is 6.50. The standard InChI is InChI=1S/C12H12ClF2NO4S/c1-6-3-4-8(14)11(10(6)15)21(19,20)16-9(12(17)18)5-7(2)13/h3-4,9,16H,2,5H2,1H3,(H,17,18). The molecule has 21 heavy (non-hydrogen) atoms. The second-order valence-electron chi connectivity index (χ2n) is 4.24. The van der Waals surface area contributed by atoms with E-state index < -0.39 is 45.0 Å². The Morgan fingerprint density at radius 2 is 2.05 bits per heavy atom. The van der Waals surface area contributed by atoms with Gasteiger partial charge in [-0.05, 0) is 18.6 Å². The number of carboxylic acids is 1. The van der Waals surface area contributed by atoms with Crippen LogP contribution in [0.4, 0.5) is 8.78 Å². The molecule has 1 unspecified atom stereocenters. The molecule has 5 nitrogen and oxygen atoms in total. The van der Waals surface area contributed by atoms with Crippen LogP contribution in [0.1, 0.15) is 12.0 Å². The summed E-state index contributed by atoms with van der Waals surface area (Å²) in [5, 5.41) is 8.80. The normalized spacial score (nSPS) is 13.0. The van der Waals surface area contributed by atoms with Crippen LogP contribution in [0.25, 0.3) is 0 Å². The molecule has 116 valence electrons. The lowest BCUT2D eigenvalue weighted by atomic mass is 10.2. The Bertz CT molecular complexity index is 691. The monoisotopic (exact) mass is 339 g/mol. The highest BCUT2D eigenvalue weighted by Gasteiger charge is 2.30. The number of sulfonamides is 1. The van der Waals surface area contributed by atoms with Crippen molar-refractivity contribution in [1.29, 1.82) is 0 Å². The Morgan fingerprint density at radius 3 is 2.52 bits per heavy atom. The van der Waals surface area contributed by atoms with E-state index >= 15 is 0 Å². The molecule has 0 aliphatic heterocycles. The van der Waals surface area contributed by atoms with Crippen LogP contribution >= 0.6 is 11.6 Å². The minimum Gasteiger partial charge on any atom is -0.480 e. The average molecular weight is 340 g/mol. The highest BCUT2D eigenvalue weighted by molar-refractivity contribution is 7.89. The van der Waals surface area contributed by atoms with E-state index in [0.717, 1.165) is 12.1 Å². The van der Waals surface area contributed by atoms with Gasteiger partial charge in [-0.25, -0.2) is 17.2 Å². The van der Waals surface area contributed by atoms with Gasteiger partial charge in [0.05, 0.1) is 0 Å². The molecule has 0 saturated carbocycles. The topological polar surface area (TPSA) is 83.5 Å². The Balaban J connectivity index is 3.26. The molecule has 0 radical (unpaired) electrons. The van der Waals surface area contributed by atoms with Crippen LogP contribution in [0, 0.1) is 18.6 Å². The third-order valence-electron chi connectivity index (χ3n) is 2.53. The number of aliphatic carboxylic acids is 1. The van der Waals surface area contributed by atoms with Gasteiger partial charge in [0.15, 0.2) is 4.90 Å². The van der Waals surface area contributed by atoms with Crippen LogP contribution < -0.4 is 4.72 Å². The molecule has 0 heterocycles. The molecule has 0 aliphatic carbocycles. The van der Waals surface area contributed by atoms with Crippen molar-refractivity contribution in [3.05, 3.63) is 40.9 Å². The molecule has 0 saturated heterocycles. The number of hydrogen-bond donors (Lipinski definition) is 2. The van der Waals surface area contributed by atoms with Gasteiger partial charge in [-0.2, -0.15) is 4.72 Å². The van der Waals surface area contributed by atoms with Gasteiger partial charge in [0.25, 0.3) is 0 Å². The van der Waals surface area contributed by atoms with Crippen molar-refractivity contribution in [2.45, 2.75) is 24.3 Å². The van der Waals surface area contributed by atoms with E-state index in [9.17, 15) is 22.0 Å². The van der Waals surface area contributed by atoms with E-state index in [4.69, 9.17) is 16.7 Å². The fraction of sp³-hybridized carbons (Fsp3) is 0.250. The molecule has 1 aromatic rings. The summed E-state index contributed by atoms with van der Waals surface area (Å²) in [6, 6.07) is 0.168. The van der Waals surface area contributed by atoms with E-state index in [-0.39, 0.29) is 10.6 Å². The van der Waals surface area contributed by atoms with E-state index in [1.807, 2.05) is 0 Å². The highest BCUT2D eigenvalue weighted by Crippen LogP contribution is 2.22. The minimum atomic E-state index is -4.71. The number of hydrogen-bond acceptors (Lipinski definition) is 3. The lowest BCUT2D eigenvalue weighted by molar-refractivity contribution is -0.138. The Kier molecular flexibility index (Phi) is 5.43. The largest absolute Gasteiger partial charge is 0.480 e. The molecular formula is C12H12ClF2NO4S. The Morgan fingerprint density at radius 1 is 1.48 bits per heavy atom. The van der Waals surface area contributed by atoms with E-state index in [1.54, 1.807) is 4.72 Å². The summed E-state index contributed by atoms with van der Waals surface area (Å²) in [6.45, 7) is 4.50. The van der Waals surface area contributed by atoms with Gasteiger partial charge in [-0.1, -0.05) is 24.2 Å². The van der Waals surface area contributed by atoms with Gasteiger partial charge in [0.1, 0.15) is 17.7 Å². The maximum absolute atomic E-state index is 13.8. The average Bonchev–Trinajstić information content (AvgIpc) is 2.32. The van der Waals surface area contributed by atoms with Gasteiger partial charge in [-0.15, -0.1) is 0 Å². The molecule has 9 heteroatoms. The summed E-state index contributed by atoms with van der Waals surface area (Å²) >= 11 is 5.44. The van der Waals surface area contributed by atoms with E-state index in [2.05, 4.69) is 6.58 Å². The number of carboxylic acid groups (broad SMARTS) is 1. The highest BCUT2D eigenvalue weighted by atomic mass is 35.5. The van der Waals surface area contributed by atoms with Gasteiger partial charge < -0.3 is 5.11 Å². The van der Waals surface area contributed by atoms with Crippen LogP contribution in [0.15, 0.2) is 28.6 Å². The van der Waals surface area contributed by atoms with Crippen LogP contribution in [-0.4, -0.2) is 25.5 Å². The van der Waals surface area contributed by atoms with Crippen molar-refractivity contribution in [1.82, 2.24) is 4.72 Å². The number of halogens is 3. The Hall–Kier alpha value is -1.51. The summed E-state index contributed by atoms with van der Waals surface area (Å²) in [7, 11) is -4.71. The predicted molar refractivity (Wildman–Crippen MR) is 72.5 cm³/mol. The number of aryl methyl sites for hydroxylation is 1. The van der Waals surface area contributed by atoms with Crippen molar-refractivity contribution >= 4 is 27.6 Å². The SMILES string of the molecule is C=C(Cl)CC(NS(=O)(=O)c1c(F)ccc(C)c1F)C(=O)O. The number of carbonyl (C=O) groups is 1. The van der Waals surface area contributed by atoms with Gasteiger partial charge in [0, 0.05) is 11.5 Å². The molecule has 2 N–H and O–H groups in total. The summed E-state index contributed by atoms with van der Waals surface area (Å²) in [4.78, 5) is 9.74. The Labute approximate surface area is 125 Å². The number of benzene rings is 1. The smallest absolute Gasteiger partial charge is 0.322 e. The molecule has 0 amide bonds. The van der Waals surface area contributed by atoms with Gasteiger partial charge in [0.2, 0.25) is 10.0 Å². The minimum absolute atomic E-state index is 0.0922. The summed E-state index contributed by atoms with van der Waals surface area (Å²) in [6.07, 6.45) is -0.425. The van der Waals surface area contributed by atoms with Crippen molar-refractivity contribution in [3.63, 3.8) is 0 Å². The second-order valence-corrected chi connectivity index (χ2v) is 6.43. The molecule has 0 bridgehead atoms. The predicted octanol–water partition coefficient (Wildman–Crippen LogP) is 2.15. The number of nitrogens with one attached hydrogen (secondary N) is 1. The first-order valence-corrected chi connectivity index (χ1v) is 7.45. The van der Waals surface area contributed by atoms with Crippen LogP contribution in [-0.2, 0) is 14.8 Å². The van der Waals surface area contributed by atoms with E-state index in [0.29, 0.717) is 0 Å². The zero-order valence-electron chi connectivity index (χ0n) is 10.9. The summed E-state index contributed by atoms with van der Waals surface area (Å²) in [5.41, 5.74) is -0.0922. The molecule has 0 fully saturated rings. The molecule has 0 aromatic heterocycles. The van der Waals surface area contributed by atoms with E-state index in [1.165, 1.54) is 6.92 Å². The van der Waals surface area contributed by atoms with Crippen LogP contribution in [0.2, 0.25) is 0 Å². The maximum atomic E-state index is 13.8. The third kappa shape index (κ3) is 4.23. The first-order valence-electron chi connectivity index (χ1n) is 5.59. The third-order valence-corrected chi connectivity index (χ3v) is 4.19. The molecule has 0 aliphatic rings. The molecule has 1 rings (SSSR count). The van der Waals surface area contributed by atoms with Gasteiger partial charge >= 0.3 is 5.97 Å². The molecule has 0 spiro atoms. The van der Waals surface area contributed by atoms with Crippen molar-refractivity contribution < 1.29 is 27.1 Å². The zero-order valence-corrected chi connectivity index (χ0v) is 12.4. The number of rotatable bonds is 6. The van der Waals surface area contributed by atoms with Gasteiger partial charge in [-0.3, -0.25) is 4.79 Å². The first kappa shape index (κ1) is 17.5. The van der Waals surface area contributed by atoms with Crippen molar-refractivity contribution in [3.8, 4) is 0 Å². The van der Waals surface area contributed by atoms with Crippen LogP contribution in [0.3, 0.4) is 0 Å². The lowest BCUT2D eigenvalue weighted by Crippen LogP contribution is -2.41. The molecular weight excluding hydrogens is 328 g/mol. The zero-order chi connectivity index (χ0) is 16.4.